The van der Waals surface area contributed by atoms with Gasteiger partial charge in [0.15, 0.2) is 0 Å². The van der Waals surface area contributed by atoms with E-state index in [1.165, 1.54) is 82.0 Å². The van der Waals surface area contributed by atoms with E-state index in [0.717, 1.165) is 44.4 Å². The van der Waals surface area contributed by atoms with Gasteiger partial charge in [-0.2, -0.15) is 0 Å². The number of carbonyl (C=O) groups excluding carboxylic acids is 1. The molecule has 0 aliphatic carbocycles. The lowest BCUT2D eigenvalue weighted by molar-refractivity contribution is -0.921. The minimum Gasteiger partial charge on any atom is -0.550 e. The molecule has 0 bridgehead atoms. The first-order valence-corrected chi connectivity index (χ1v) is 14.1. The SMILES string of the molecule is CCC(CCCCCCCCCCC(=O)O)CCCCCC(=O)[O-].CC[N+](CC)(CC)CC. The highest BCUT2D eigenvalue weighted by molar-refractivity contribution is 5.66. The van der Waals surface area contributed by atoms with E-state index in [-0.39, 0.29) is 6.42 Å². The Hall–Kier alpha value is -1.10. The normalized spacial score (nSPS) is 12.2. The Morgan fingerprint density at radius 3 is 1.33 bits per heavy atom. The van der Waals surface area contributed by atoms with Crippen LogP contribution >= 0.6 is 0 Å². The van der Waals surface area contributed by atoms with Crippen molar-refractivity contribution in [2.45, 2.75) is 137 Å². The smallest absolute Gasteiger partial charge is 0.303 e. The fourth-order valence-electron chi connectivity index (χ4n) is 4.54. The van der Waals surface area contributed by atoms with Crippen LogP contribution in [0.1, 0.15) is 137 Å². The van der Waals surface area contributed by atoms with Crippen molar-refractivity contribution in [3.05, 3.63) is 0 Å². The molecule has 1 atom stereocenters. The molecular weight excluding hydrogens is 414 g/mol. The molecule has 0 spiro atoms. The minimum absolute atomic E-state index is 0.201. The molecule has 1 N–H and O–H groups in total. The first kappa shape index (κ1) is 34.1. The van der Waals surface area contributed by atoms with E-state index in [1.54, 1.807) is 0 Å². The lowest BCUT2D eigenvalue weighted by atomic mass is 9.92. The third-order valence-corrected chi connectivity index (χ3v) is 7.51. The monoisotopic (exact) mass is 471 g/mol. The molecule has 0 heterocycles. The predicted molar refractivity (Wildman–Crippen MR) is 138 cm³/mol. The second-order valence-electron chi connectivity index (χ2n) is 9.61. The fraction of sp³-hybridized carbons (Fsp3) is 0.929. The molecule has 5 heteroatoms. The summed E-state index contributed by atoms with van der Waals surface area (Å²) in [5, 5.41) is 18.9. The van der Waals surface area contributed by atoms with Gasteiger partial charge in [0.1, 0.15) is 0 Å². The molecule has 0 aromatic carbocycles. The average molecular weight is 472 g/mol. The number of aliphatic carboxylic acids is 2. The summed E-state index contributed by atoms with van der Waals surface area (Å²) in [7, 11) is 0. The van der Waals surface area contributed by atoms with E-state index < -0.39 is 11.9 Å². The van der Waals surface area contributed by atoms with Crippen LogP contribution in [0.25, 0.3) is 0 Å². The second kappa shape index (κ2) is 24.0. The number of nitrogens with zero attached hydrogens (tertiary/aromatic N) is 1. The Morgan fingerprint density at radius 1 is 0.636 bits per heavy atom. The summed E-state index contributed by atoms with van der Waals surface area (Å²) >= 11 is 0. The molecule has 0 aliphatic rings. The first-order valence-electron chi connectivity index (χ1n) is 14.1. The van der Waals surface area contributed by atoms with E-state index >= 15 is 0 Å². The molecule has 0 saturated carbocycles. The molecule has 5 nitrogen and oxygen atoms in total. The number of hydrogen-bond donors (Lipinski definition) is 1. The van der Waals surface area contributed by atoms with E-state index in [9.17, 15) is 14.7 Å². The summed E-state index contributed by atoms with van der Waals surface area (Å²) in [5.41, 5.74) is 0. The van der Waals surface area contributed by atoms with Gasteiger partial charge in [-0.3, -0.25) is 4.79 Å². The van der Waals surface area contributed by atoms with E-state index in [1.807, 2.05) is 0 Å². The number of carbonyl (C=O) groups is 2. The standard InChI is InChI=1S/C20H38O4.C8H20N/c1-2-18(15-11-9-13-17-20(23)24)14-10-7-5-3-4-6-8-12-16-19(21)22;1-5-9(6-2,7-3)8-4/h18H,2-17H2,1H3,(H,21,22)(H,23,24);5-8H2,1-4H3/q;+1/p-1. The van der Waals surface area contributed by atoms with Crippen molar-refractivity contribution >= 4 is 11.9 Å². The lowest BCUT2D eigenvalue weighted by Gasteiger charge is -2.34. The maximum atomic E-state index is 10.4. The molecule has 0 aliphatic heterocycles. The summed E-state index contributed by atoms with van der Waals surface area (Å²) < 4.78 is 1.28. The predicted octanol–water partition coefficient (Wildman–Crippen LogP) is 6.58. The van der Waals surface area contributed by atoms with Gasteiger partial charge in [0, 0.05) is 12.4 Å². The van der Waals surface area contributed by atoms with Gasteiger partial charge < -0.3 is 19.5 Å². The summed E-state index contributed by atoms with van der Waals surface area (Å²) in [6.07, 6.45) is 16.6. The fourth-order valence-corrected chi connectivity index (χ4v) is 4.54. The van der Waals surface area contributed by atoms with Crippen molar-refractivity contribution in [2.24, 2.45) is 5.92 Å². The Bertz CT molecular complexity index is 432. The molecule has 1 unspecified atom stereocenters. The van der Waals surface area contributed by atoms with Gasteiger partial charge in [-0.15, -0.1) is 0 Å². The largest absolute Gasteiger partial charge is 0.550 e. The molecule has 0 amide bonds. The van der Waals surface area contributed by atoms with Crippen molar-refractivity contribution in [3.63, 3.8) is 0 Å². The van der Waals surface area contributed by atoms with Crippen LogP contribution in [0.5, 0.6) is 0 Å². The van der Waals surface area contributed by atoms with Gasteiger partial charge in [-0.05, 0) is 52.9 Å². The number of carboxylic acid groups (broad SMARTS) is 2. The van der Waals surface area contributed by atoms with Crippen LogP contribution in [0, 0.1) is 5.92 Å². The van der Waals surface area contributed by atoms with Crippen molar-refractivity contribution in [3.8, 4) is 0 Å². The van der Waals surface area contributed by atoms with Crippen molar-refractivity contribution in [1.29, 1.82) is 0 Å². The van der Waals surface area contributed by atoms with Crippen molar-refractivity contribution in [1.82, 2.24) is 0 Å². The van der Waals surface area contributed by atoms with Gasteiger partial charge in [0.05, 0.1) is 26.2 Å². The van der Waals surface area contributed by atoms with Gasteiger partial charge in [-0.1, -0.05) is 84.0 Å². The van der Waals surface area contributed by atoms with Gasteiger partial charge in [0.2, 0.25) is 0 Å². The number of hydrogen-bond acceptors (Lipinski definition) is 3. The van der Waals surface area contributed by atoms with Crippen LogP contribution in [0.3, 0.4) is 0 Å². The Kier molecular flexibility index (Phi) is 24.8. The second-order valence-corrected chi connectivity index (χ2v) is 9.61. The summed E-state index contributed by atoms with van der Waals surface area (Å²) in [5.74, 6) is -0.813. The first-order chi connectivity index (χ1) is 15.8. The van der Waals surface area contributed by atoms with E-state index in [4.69, 9.17) is 5.11 Å². The highest BCUT2D eigenvalue weighted by Crippen LogP contribution is 2.21. The molecule has 0 rings (SSSR count). The maximum absolute atomic E-state index is 10.4. The topological polar surface area (TPSA) is 77.4 Å². The molecule has 0 saturated heterocycles. The third kappa shape index (κ3) is 22.5. The number of carboxylic acids is 2. The Balaban J connectivity index is 0. The van der Waals surface area contributed by atoms with Crippen LogP contribution in [0.2, 0.25) is 0 Å². The van der Waals surface area contributed by atoms with E-state index in [0.29, 0.717) is 6.42 Å². The third-order valence-electron chi connectivity index (χ3n) is 7.51. The van der Waals surface area contributed by atoms with Crippen LogP contribution in [-0.4, -0.2) is 47.7 Å². The average Bonchev–Trinajstić information content (AvgIpc) is 2.80. The Labute approximate surface area is 205 Å². The zero-order chi connectivity index (χ0) is 25.4. The summed E-state index contributed by atoms with van der Waals surface area (Å²) in [6.45, 7) is 16.5. The zero-order valence-electron chi connectivity index (χ0n) is 22.8. The van der Waals surface area contributed by atoms with Crippen LogP contribution in [-0.2, 0) is 9.59 Å². The summed E-state index contributed by atoms with van der Waals surface area (Å²) in [4.78, 5) is 20.7. The molecule has 198 valence electrons. The van der Waals surface area contributed by atoms with Crippen LogP contribution < -0.4 is 5.11 Å². The number of unbranched alkanes of at least 4 members (excludes halogenated alkanes) is 9. The highest BCUT2D eigenvalue weighted by atomic mass is 16.4. The zero-order valence-corrected chi connectivity index (χ0v) is 22.8. The minimum atomic E-state index is -0.927. The highest BCUT2D eigenvalue weighted by Gasteiger charge is 2.16. The maximum Gasteiger partial charge on any atom is 0.303 e. The van der Waals surface area contributed by atoms with Crippen molar-refractivity contribution < 1.29 is 24.3 Å². The van der Waals surface area contributed by atoms with Gasteiger partial charge >= 0.3 is 5.97 Å². The summed E-state index contributed by atoms with van der Waals surface area (Å²) in [6, 6.07) is 0. The van der Waals surface area contributed by atoms with E-state index in [2.05, 4.69) is 34.6 Å². The number of rotatable bonds is 22. The van der Waals surface area contributed by atoms with Crippen LogP contribution in [0.4, 0.5) is 0 Å². The van der Waals surface area contributed by atoms with Gasteiger partial charge in [0.25, 0.3) is 0 Å². The molecule has 33 heavy (non-hydrogen) atoms. The van der Waals surface area contributed by atoms with Gasteiger partial charge in [-0.25, -0.2) is 0 Å². The molecule has 0 aromatic heterocycles. The molecule has 0 aromatic rings. The quantitative estimate of drug-likeness (QED) is 0.143. The Morgan fingerprint density at radius 2 is 1.00 bits per heavy atom. The van der Waals surface area contributed by atoms with Crippen molar-refractivity contribution in [2.75, 3.05) is 26.2 Å². The lowest BCUT2D eigenvalue weighted by Crippen LogP contribution is -2.47. The van der Waals surface area contributed by atoms with Crippen LogP contribution in [0.15, 0.2) is 0 Å². The molecule has 0 fully saturated rings. The molecular formula is C28H57NO4. The molecule has 0 radical (unpaired) electrons. The number of quaternary nitrogens is 1.